The van der Waals surface area contributed by atoms with Crippen LogP contribution in [0, 0.1) is 13.8 Å². The van der Waals surface area contributed by atoms with Crippen LogP contribution in [0.15, 0.2) is 47.5 Å². The van der Waals surface area contributed by atoms with Crippen LogP contribution in [0.1, 0.15) is 24.2 Å². The molecule has 7 heteroatoms. The van der Waals surface area contributed by atoms with E-state index < -0.39 is 0 Å². The summed E-state index contributed by atoms with van der Waals surface area (Å²) >= 11 is 0. The number of aromatic nitrogens is 5. The van der Waals surface area contributed by atoms with Crippen LogP contribution in [-0.2, 0) is 6.54 Å². The standard InChI is InChI=1S/C20H22N6O/c1-14-12-15(2)23-20(22-14)25-11-3-4-17(25)13-26-19(27)6-5-18(24-26)16-7-9-21-10-8-16/h5-10,12,17H,3-4,11,13H2,1-2H3. The van der Waals surface area contributed by atoms with Crippen molar-refractivity contribution < 1.29 is 0 Å². The summed E-state index contributed by atoms with van der Waals surface area (Å²) in [4.78, 5) is 27.8. The molecule has 0 amide bonds. The quantitative estimate of drug-likeness (QED) is 0.709. The molecule has 0 saturated carbocycles. The van der Waals surface area contributed by atoms with E-state index in [-0.39, 0.29) is 11.6 Å². The summed E-state index contributed by atoms with van der Waals surface area (Å²) in [6.45, 7) is 5.38. The van der Waals surface area contributed by atoms with E-state index in [1.807, 2.05) is 32.0 Å². The van der Waals surface area contributed by atoms with Crippen molar-refractivity contribution in [2.24, 2.45) is 0 Å². The van der Waals surface area contributed by atoms with Crippen molar-refractivity contribution in [1.82, 2.24) is 24.7 Å². The first-order valence-electron chi connectivity index (χ1n) is 9.17. The predicted molar refractivity (Wildman–Crippen MR) is 104 cm³/mol. The highest BCUT2D eigenvalue weighted by Gasteiger charge is 2.28. The number of hydrogen-bond donors (Lipinski definition) is 0. The summed E-state index contributed by atoms with van der Waals surface area (Å²) in [6, 6.07) is 9.25. The van der Waals surface area contributed by atoms with E-state index in [2.05, 4.69) is 25.0 Å². The van der Waals surface area contributed by atoms with Gasteiger partial charge in [-0.05, 0) is 51.0 Å². The second-order valence-corrected chi connectivity index (χ2v) is 6.91. The molecule has 1 aliphatic heterocycles. The number of pyridine rings is 1. The Kier molecular flexibility index (Phi) is 4.66. The van der Waals surface area contributed by atoms with Crippen LogP contribution in [0.2, 0.25) is 0 Å². The predicted octanol–water partition coefficient (Wildman–Crippen LogP) is 2.38. The zero-order valence-corrected chi connectivity index (χ0v) is 15.5. The zero-order chi connectivity index (χ0) is 18.8. The van der Waals surface area contributed by atoms with Crippen LogP contribution in [-0.4, -0.2) is 37.3 Å². The van der Waals surface area contributed by atoms with E-state index in [0.29, 0.717) is 6.54 Å². The molecule has 4 rings (SSSR count). The molecule has 4 heterocycles. The molecule has 27 heavy (non-hydrogen) atoms. The van der Waals surface area contributed by atoms with Gasteiger partial charge in [-0.15, -0.1) is 0 Å². The average molecular weight is 362 g/mol. The van der Waals surface area contributed by atoms with Crippen LogP contribution in [0.3, 0.4) is 0 Å². The second kappa shape index (κ2) is 7.26. The van der Waals surface area contributed by atoms with Gasteiger partial charge in [0, 0.05) is 42.0 Å². The van der Waals surface area contributed by atoms with Gasteiger partial charge in [0.2, 0.25) is 5.95 Å². The van der Waals surface area contributed by atoms with E-state index in [9.17, 15) is 4.79 Å². The number of aryl methyl sites for hydroxylation is 2. The summed E-state index contributed by atoms with van der Waals surface area (Å²) in [5, 5.41) is 4.58. The van der Waals surface area contributed by atoms with Crippen molar-refractivity contribution in [2.75, 3.05) is 11.4 Å². The maximum Gasteiger partial charge on any atom is 0.266 e. The first-order valence-corrected chi connectivity index (χ1v) is 9.17. The molecule has 0 spiro atoms. The normalized spacial score (nSPS) is 16.7. The maximum absolute atomic E-state index is 12.4. The third-order valence-corrected chi connectivity index (χ3v) is 4.83. The fourth-order valence-electron chi connectivity index (χ4n) is 3.58. The monoisotopic (exact) mass is 362 g/mol. The summed E-state index contributed by atoms with van der Waals surface area (Å²) in [5.74, 6) is 0.744. The Morgan fingerprint density at radius 2 is 1.81 bits per heavy atom. The van der Waals surface area contributed by atoms with Gasteiger partial charge in [0.25, 0.3) is 5.56 Å². The summed E-state index contributed by atoms with van der Waals surface area (Å²) in [6.07, 6.45) is 5.49. The lowest BCUT2D eigenvalue weighted by atomic mass is 10.2. The Morgan fingerprint density at radius 1 is 1.07 bits per heavy atom. The Morgan fingerprint density at radius 3 is 2.56 bits per heavy atom. The largest absolute Gasteiger partial charge is 0.336 e. The highest BCUT2D eigenvalue weighted by atomic mass is 16.1. The van der Waals surface area contributed by atoms with Crippen LogP contribution in [0.5, 0.6) is 0 Å². The Bertz CT molecular complexity index is 981. The van der Waals surface area contributed by atoms with Gasteiger partial charge in [0.15, 0.2) is 0 Å². The molecule has 138 valence electrons. The number of nitrogens with zero attached hydrogens (tertiary/aromatic N) is 6. The Hall–Kier alpha value is -3.09. The first kappa shape index (κ1) is 17.3. The van der Waals surface area contributed by atoms with Gasteiger partial charge >= 0.3 is 0 Å². The van der Waals surface area contributed by atoms with Gasteiger partial charge in [-0.3, -0.25) is 9.78 Å². The van der Waals surface area contributed by atoms with Crippen LogP contribution >= 0.6 is 0 Å². The van der Waals surface area contributed by atoms with Crippen molar-refractivity contribution in [3.63, 3.8) is 0 Å². The lowest BCUT2D eigenvalue weighted by Crippen LogP contribution is -2.38. The van der Waals surface area contributed by atoms with Crippen LogP contribution in [0.25, 0.3) is 11.3 Å². The van der Waals surface area contributed by atoms with Crippen molar-refractivity contribution in [1.29, 1.82) is 0 Å². The third kappa shape index (κ3) is 3.72. The van der Waals surface area contributed by atoms with Crippen molar-refractivity contribution >= 4 is 5.95 Å². The van der Waals surface area contributed by atoms with E-state index >= 15 is 0 Å². The number of hydrogen-bond acceptors (Lipinski definition) is 6. The molecule has 1 fully saturated rings. The van der Waals surface area contributed by atoms with Crippen molar-refractivity contribution in [2.45, 2.75) is 39.3 Å². The minimum Gasteiger partial charge on any atom is -0.336 e. The van der Waals surface area contributed by atoms with Gasteiger partial charge in [-0.25, -0.2) is 14.6 Å². The lowest BCUT2D eigenvalue weighted by Gasteiger charge is -2.25. The smallest absolute Gasteiger partial charge is 0.266 e. The molecule has 0 N–H and O–H groups in total. The van der Waals surface area contributed by atoms with Crippen molar-refractivity contribution in [3.8, 4) is 11.3 Å². The molecular weight excluding hydrogens is 340 g/mol. The minimum absolute atomic E-state index is 0.0963. The topological polar surface area (TPSA) is 76.8 Å². The molecule has 0 radical (unpaired) electrons. The van der Waals surface area contributed by atoms with Crippen LogP contribution in [0.4, 0.5) is 5.95 Å². The van der Waals surface area contributed by atoms with E-state index in [0.717, 1.165) is 48.0 Å². The maximum atomic E-state index is 12.4. The molecule has 1 aliphatic rings. The summed E-state index contributed by atoms with van der Waals surface area (Å²) in [5.41, 5.74) is 3.53. The van der Waals surface area contributed by atoms with Gasteiger partial charge in [0.1, 0.15) is 0 Å². The first-order chi connectivity index (χ1) is 13.1. The summed E-state index contributed by atoms with van der Waals surface area (Å²) < 4.78 is 1.56. The summed E-state index contributed by atoms with van der Waals surface area (Å²) in [7, 11) is 0. The molecule has 3 aromatic rings. The van der Waals surface area contributed by atoms with E-state index in [1.54, 1.807) is 29.2 Å². The van der Waals surface area contributed by atoms with E-state index in [4.69, 9.17) is 0 Å². The second-order valence-electron chi connectivity index (χ2n) is 6.91. The molecule has 1 unspecified atom stereocenters. The Balaban J connectivity index is 1.62. The number of anilines is 1. The average Bonchev–Trinajstić information content (AvgIpc) is 3.12. The minimum atomic E-state index is -0.0963. The highest BCUT2D eigenvalue weighted by Crippen LogP contribution is 2.24. The van der Waals surface area contributed by atoms with E-state index in [1.165, 1.54) is 0 Å². The Labute approximate surface area is 157 Å². The van der Waals surface area contributed by atoms with Crippen molar-refractivity contribution in [3.05, 3.63) is 64.5 Å². The fourth-order valence-corrected chi connectivity index (χ4v) is 3.58. The molecular formula is C20H22N6O. The molecule has 1 atom stereocenters. The van der Waals surface area contributed by atoms with Gasteiger partial charge in [-0.2, -0.15) is 5.10 Å². The molecule has 0 aliphatic carbocycles. The molecule has 3 aromatic heterocycles. The van der Waals surface area contributed by atoms with Gasteiger partial charge in [0.05, 0.1) is 18.3 Å². The van der Waals surface area contributed by atoms with Crippen LogP contribution < -0.4 is 10.5 Å². The van der Waals surface area contributed by atoms with Gasteiger partial charge in [-0.1, -0.05) is 0 Å². The molecule has 0 aromatic carbocycles. The molecule has 1 saturated heterocycles. The van der Waals surface area contributed by atoms with Gasteiger partial charge < -0.3 is 4.90 Å². The fraction of sp³-hybridized carbons (Fsp3) is 0.350. The molecule has 7 nitrogen and oxygen atoms in total. The zero-order valence-electron chi connectivity index (χ0n) is 15.5. The molecule has 0 bridgehead atoms. The highest BCUT2D eigenvalue weighted by molar-refractivity contribution is 5.57. The SMILES string of the molecule is Cc1cc(C)nc(N2CCCC2Cn2nc(-c3ccncc3)ccc2=O)n1. The third-order valence-electron chi connectivity index (χ3n) is 4.83. The number of rotatable bonds is 4. The lowest BCUT2D eigenvalue weighted by molar-refractivity contribution is 0.486.